The smallest absolute Gasteiger partial charge is 0.165 e. The van der Waals surface area contributed by atoms with Crippen LogP contribution in [-0.2, 0) is 0 Å². The van der Waals surface area contributed by atoms with E-state index in [2.05, 4.69) is 60.1 Å². The number of hydrogen-bond acceptors (Lipinski definition) is 4. The van der Waals surface area contributed by atoms with Crippen LogP contribution in [0.3, 0.4) is 0 Å². The Kier molecular flexibility index (Phi) is 4.45. The number of benzene rings is 2. The van der Waals surface area contributed by atoms with E-state index in [0.717, 1.165) is 71.0 Å². The van der Waals surface area contributed by atoms with Crippen molar-refractivity contribution < 1.29 is 0 Å². The maximum Gasteiger partial charge on any atom is 0.165 e. The van der Waals surface area contributed by atoms with Gasteiger partial charge >= 0.3 is 0 Å². The molecule has 0 unspecified atom stereocenters. The monoisotopic (exact) mass is 422 g/mol. The standard InChI is InChI=1S/C26H26N6/c1-17-16-23(29-26-24(17)18(2)30-32(26)20-8-4-3-5-9-20)31-14-12-19(13-15-31)25-27-21-10-6-7-11-22(21)28-25/h3-11,16,19H,12-15H2,1-2H3,(H,27,28). The summed E-state index contributed by atoms with van der Waals surface area (Å²) in [7, 11) is 0. The van der Waals surface area contributed by atoms with E-state index >= 15 is 0 Å². The Balaban J connectivity index is 1.30. The first-order valence-corrected chi connectivity index (χ1v) is 11.3. The number of rotatable bonds is 3. The number of nitrogens with one attached hydrogen (secondary N) is 1. The van der Waals surface area contributed by atoms with Crippen LogP contribution >= 0.6 is 0 Å². The molecule has 160 valence electrons. The third-order valence-corrected chi connectivity index (χ3v) is 6.61. The molecule has 0 radical (unpaired) electrons. The Morgan fingerprint density at radius 1 is 0.906 bits per heavy atom. The van der Waals surface area contributed by atoms with Gasteiger partial charge in [-0.3, -0.25) is 0 Å². The number of fused-ring (bicyclic) bond motifs is 2. The Bertz CT molecular complexity index is 1370. The number of para-hydroxylation sites is 3. The van der Waals surface area contributed by atoms with Gasteiger partial charge in [-0.15, -0.1) is 0 Å². The maximum atomic E-state index is 5.09. The Morgan fingerprint density at radius 3 is 2.44 bits per heavy atom. The lowest BCUT2D eigenvalue weighted by molar-refractivity contribution is 0.487. The molecular formula is C26H26N6. The van der Waals surface area contributed by atoms with E-state index in [0.29, 0.717) is 5.92 Å². The van der Waals surface area contributed by atoms with E-state index in [-0.39, 0.29) is 0 Å². The molecule has 1 aliphatic heterocycles. The van der Waals surface area contributed by atoms with Crippen LogP contribution in [-0.4, -0.2) is 37.8 Å². The van der Waals surface area contributed by atoms with Gasteiger partial charge in [0.25, 0.3) is 0 Å². The fourth-order valence-electron chi connectivity index (χ4n) is 4.95. The van der Waals surface area contributed by atoms with Crippen LogP contribution in [0.25, 0.3) is 27.8 Å². The van der Waals surface area contributed by atoms with Gasteiger partial charge in [0.2, 0.25) is 0 Å². The molecule has 1 saturated heterocycles. The molecule has 32 heavy (non-hydrogen) atoms. The van der Waals surface area contributed by atoms with Crippen LogP contribution in [0.4, 0.5) is 5.82 Å². The van der Waals surface area contributed by atoms with Crippen molar-refractivity contribution in [2.24, 2.45) is 0 Å². The second-order valence-corrected chi connectivity index (χ2v) is 8.73. The molecule has 1 fully saturated rings. The summed E-state index contributed by atoms with van der Waals surface area (Å²) < 4.78 is 1.97. The number of nitrogens with zero attached hydrogens (tertiary/aromatic N) is 5. The van der Waals surface area contributed by atoms with E-state index in [1.165, 1.54) is 5.56 Å². The molecule has 0 amide bonds. The number of hydrogen-bond donors (Lipinski definition) is 1. The quantitative estimate of drug-likeness (QED) is 0.429. The molecule has 5 aromatic rings. The van der Waals surface area contributed by atoms with Gasteiger partial charge in [0, 0.05) is 24.4 Å². The van der Waals surface area contributed by atoms with Crippen LogP contribution in [0, 0.1) is 13.8 Å². The summed E-state index contributed by atoms with van der Waals surface area (Å²) in [5, 5.41) is 5.95. The topological polar surface area (TPSA) is 62.6 Å². The first kappa shape index (κ1) is 19.0. The highest BCUT2D eigenvalue weighted by Crippen LogP contribution is 2.32. The van der Waals surface area contributed by atoms with Crippen molar-refractivity contribution in [3.8, 4) is 5.69 Å². The van der Waals surface area contributed by atoms with Gasteiger partial charge in [-0.2, -0.15) is 5.10 Å². The molecule has 3 aromatic heterocycles. The summed E-state index contributed by atoms with van der Waals surface area (Å²) in [6.45, 7) is 6.17. The number of aromatic nitrogens is 5. The first-order chi connectivity index (χ1) is 15.7. The minimum Gasteiger partial charge on any atom is -0.356 e. The van der Waals surface area contributed by atoms with Gasteiger partial charge in [0.1, 0.15) is 11.6 Å². The molecule has 1 aliphatic rings. The summed E-state index contributed by atoms with van der Waals surface area (Å²) in [5.41, 5.74) is 6.39. The zero-order chi connectivity index (χ0) is 21.7. The number of H-pyrrole nitrogens is 1. The Hall–Kier alpha value is -3.67. The van der Waals surface area contributed by atoms with Crippen LogP contribution in [0.5, 0.6) is 0 Å². The molecule has 1 N–H and O–H groups in total. The Morgan fingerprint density at radius 2 is 1.66 bits per heavy atom. The van der Waals surface area contributed by atoms with Crippen LogP contribution in [0.2, 0.25) is 0 Å². The van der Waals surface area contributed by atoms with Gasteiger partial charge < -0.3 is 9.88 Å². The summed E-state index contributed by atoms with van der Waals surface area (Å²) in [4.78, 5) is 15.9. The second kappa shape index (κ2) is 7.48. The van der Waals surface area contributed by atoms with Crippen molar-refractivity contribution in [3.05, 3.63) is 77.7 Å². The average molecular weight is 423 g/mol. The van der Waals surface area contributed by atoms with E-state index in [9.17, 15) is 0 Å². The molecule has 0 bridgehead atoms. The summed E-state index contributed by atoms with van der Waals surface area (Å²) in [6.07, 6.45) is 2.13. The van der Waals surface area contributed by atoms with E-state index in [1.807, 2.05) is 28.9 Å². The first-order valence-electron chi connectivity index (χ1n) is 11.3. The van der Waals surface area contributed by atoms with Crippen LogP contribution in [0.1, 0.15) is 35.8 Å². The van der Waals surface area contributed by atoms with Crippen molar-refractivity contribution >= 4 is 27.9 Å². The molecule has 0 aliphatic carbocycles. The van der Waals surface area contributed by atoms with Crippen molar-refractivity contribution in [3.63, 3.8) is 0 Å². The maximum absolute atomic E-state index is 5.09. The van der Waals surface area contributed by atoms with Crippen LogP contribution in [0.15, 0.2) is 60.7 Å². The molecule has 0 atom stereocenters. The van der Waals surface area contributed by atoms with Gasteiger partial charge in [-0.25, -0.2) is 14.6 Å². The second-order valence-electron chi connectivity index (χ2n) is 8.73. The van der Waals surface area contributed by atoms with Gasteiger partial charge in [0.05, 0.1) is 22.4 Å². The summed E-state index contributed by atoms with van der Waals surface area (Å²) in [6, 6.07) is 20.7. The third kappa shape index (κ3) is 3.14. The zero-order valence-corrected chi connectivity index (χ0v) is 18.4. The largest absolute Gasteiger partial charge is 0.356 e. The van der Waals surface area contributed by atoms with Gasteiger partial charge in [-0.1, -0.05) is 30.3 Å². The van der Waals surface area contributed by atoms with Crippen molar-refractivity contribution in [2.75, 3.05) is 18.0 Å². The highest BCUT2D eigenvalue weighted by molar-refractivity contribution is 5.85. The van der Waals surface area contributed by atoms with Crippen LogP contribution < -0.4 is 4.90 Å². The number of piperidine rings is 1. The number of imidazole rings is 1. The number of anilines is 1. The van der Waals surface area contributed by atoms with E-state index in [1.54, 1.807) is 0 Å². The number of pyridine rings is 1. The van der Waals surface area contributed by atoms with Crippen molar-refractivity contribution in [2.45, 2.75) is 32.6 Å². The molecule has 4 heterocycles. The Labute approximate surface area is 186 Å². The normalized spacial score (nSPS) is 15.1. The molecule has 2 aromatic carbocycles. The fraction of sp³-hybridized carbons (Fsp3) is 0.269. The predicted molar refractivity (Wildman–Crippen MR) is 129 cm³/mol. The van der Waals surface area contributed by atoms with Crippen molar-refractivity contribution in [1.29, 1.82) is 0 Å². The highest BCUT2D eigenvalue weighted by atomic mass is 15.3. The lowest BCUT2D eigenvalue weighted by atomic mass is 9.96. The molecule has 6 nitrogen and oxygen atoms in total. The SMILES string of the molecule is Cc1cc(N2CCC(c3nc4ccccc4[nH]3)CC2)nc2c1c(C)nn2-c1ccccc1. The number of aromatic amines is 1. The molecule has 0 spiro atoms. The lowest BCUT2D eigenvalue weighted by Gasteiger charge is -2.32. The number of aryl methyl sites for hydroxylation is 2. The lowest BCUT2D eigenvalue weighted by Crippen LogP contribution is -2.33. The third-order valence-electron chi connectivity index (χ3n) is 6.61. The van der Waals surface area contributed by atoms with E-state index in [4.69, 9.17) is 15.1 Å². The zero-order valence-electron chi connectivity index (χ0n) is 18.4. The average Bonchev–Trinajstić information content (AvgIpc) is 3.41. The minimum absolute atomic E-state index is 0.459. The molecule has 6 heteroatoms. The minimum atomic E-state index is 0.459. The summed E-state index contributed by atoms with van der Waals surface area (Å²) in [5.74, 6) is 2.61. The fourth-order valence-corrected chi connectivity index (χ4v) is 4.95. The van der Waals surface area contributed by atoms with E-state index < -0.39 is 0 Å². The highest BCUT2D eigenvalue weighted by Gasteiger charge is 2.25. The molecule has 6 rings (SSSR count). The van der Waals surface area contributed by atoms with Gasteiger partial charge in [0.15, 0.2) is 5.65 Å². The summed E-state index contributed by atoms with van der Waals surface area (Å²) >= 11 is 0. The predicted octanol–water partition coefficient (Wildman–Crippen LogP) is 5.30. The molecule has 0 saturated carbocycles. The van der Waals surface area contributed by atoms with Gasteiger partial charge in [-0.05, 0) is 62.6 Å². The van der Waals surface area contributed by atoms with Crippen molar-refractivity contribution in [1.82, 2.24) is 24.7 Å². The molecular weight excluding hydrogens is 396 g/mol.